The fourth-order valence-corrected chi connectivity index (χ4v) is 2.60. The van der Waals surface area contributed by atoms with E-state index in [1.165, 1.54) is 11.3 Å². The molecule has 2 aromatic rings. The maximum atomic E-state index is 5.88. The highest BCUT2D eigenvalue weighted by Gasteiger charge is 2.15. The largest absolute Gasteiger partial charge is 0.270 e. The van der Waals surface area contributed by atoms with Crippen LogP contribution in [0.4, 0.5) is 0 Å². The van der Waals surface area contributed by atoms with Gasteiger partial charge in [0, 0.05) is 11.1 Å². The van der Waals surface area contributed by atoms with Crippen molar-refractivity contribution in [2.24, 2.45) is 5.84 Å². The van der Waals surface area contributed by atoms with Crippen LogP contribution in [0.1, 0.15) is 16.6 Å². The number of halogens is 2. The summed E-state index contributed by atoms with van der Waals surface area (Å²) in [6, 6.07) is 7.22. The van der Waals surface area contributed by atoms with Crippen LogP contribution in [0.15, 0.2) is 30.5 Å². The van der Waals surface area contributed by atoms with Crippen molar-refractivity contribution in [1.29, 1.82) is 0 Å². The molecular weight excluding hydrogens is 265 g/mol. The molecule has 0 aliphatic rings. The third-order valence-electron chi connectivity index (χ3n) is 2.09. The van der Waals surface area contributed by atoms with E-state index in [9.17, 15) is 0 Å². The molecule has 16 heavy (non-hydrogen) atoms. The number of thiophene rings is 1. The van der Waals surface area contributed by atoms with Crippen molar-refractivity contribution in [3.8, 4) is 0 Å². The summed E-state index contributed by atoms with van der Waals surface area (Å²) in [6.45, 7) is 0. The van der Waals surface area contributed by atoms with Gasteiger partial charge in [0.05, 0.1) is 21.1 Å². The highest BCUT2D eigenvalue weighted by atomic mass is 35.5. The number of hydrazine groups is 1. The molecule has 1 unspecified atom stereocenters. The quantitative estimate of drug-likeness (QED) is 0.668. The second-order valence-corrected chi connectivity index (χ2v) is 5.33. The Morgan fingerprint density at radius 1 is 1.25 bits per heavy atom. The molecule has 0 aliphatic heterocycles. The van der Waals surface area contributed by atoms with Crippen molar-refractivity contribution in [1.82, 2.24) is 10.4 Å². The van der Waals surface area contributed by atoms with Crippen LogP contribution < -0.4 is 11.3 Å². The van der Waals surface area contributed by atoms with Gasteiger partial charge in [-0.05, 0) is 24.3 Å². The minimum Gasteiger partial charge on any atom is -0.270 e. The molecule has 0 aliphatic carbocycles. The number of hydrogen-bond donors (Lipinski definition) is 2. The summed E-state index contributed by atoms with van der Waals surface area (Å²) in [6.07, 6.45) is 1.59. The van der Waals surface area contributed by atoms with Crippen molar-refractivity contribution in [2.75, 3.05) is 0 Å². The first-order valence-electron chi connectivity index (χ1n) is 4.53. The topological polar surface area (TPSA) is 50.9 Å². The molecule has 3 N–H and O–H groups in total. The van der Waals surface area contributed by atoms with E-state index >= 15 is 0 Å². The molecule has 0 bridgehead atoms. The lowest BCUT2D eigenvalue weighted by atomic mass is 10.1. The predicted molar refractivity (Wildman–Crippen MR) is 67.7 cm³/mol. The Morgan fingerprint density at radius 2 is 2.06 bits per heavy atom. The number of aromatic nitrogens is 1. The van der Waals surface area contributed by atoms with E-state index in [4.69, 9.17) is 29.0 Å². The molecule has 84 valence electrons. The average molecular weight is 274 g/mol. The number of hydrogen-bond acceptors (Lipinski definition) is 4. The number of rotatable bonds is 3. The molecule has 0 spiro atoms. The van der Waals surface area contributed by atoms with Crippen molar-refractivity contribution >= 4 is 34.5 Å². The maximum Gasteiger partial charge on any atom is 0.0973 e. The molecule has 2 heterocycles. The molecule has 2 aromatic heterocycles. The Hall–Kier alpha value is -0.650. The lowest BCUT2D eigenvalue weighted by molar-refractivity contribution is 0.630. The Balaban J connectivity index is 2.32. The minimum absolute atomic E-state index is 0.158. The molecule has 0 radical (unpaired) electrons. The van der Waals surface area contributed by atoms with Crippen molar-refractivity contribution in [3.05, 3.63) is 50.4 Å². The highest BCUT2D eigenvalue weighted by molar-refractivity contribution is 7.16. The van der Waals surface area contributed by atoms with Crippen LogP contribution in [0.2, 0.25) is 9.36 Å². The predicted octanol–water partition coefficient (Wildman–Crippen LogP) is 3.00. The third kappa shape index (κ3) is 2.53. The van der Waals surface area contributed by atoms with E-state index in [1.807, 2.05) is 18.2 Å². The van der Waals surface area contributed by atoms with Crippen molar-refractivity contribution in [2.45, 2.75) is 6.04 Å². The number of nitrogens with two attached hydrogens (primary N) is 1. The Kier molecular flexibility index (Phi) is 3.78. The van der Waals surface area contributed by atoms with Gasteiger partial charge in [-0.15, -0.1) is 11.3 Å². The molecule has 2 rings (SSSR count). The van der Waals surface area contributed by atoms with Gasteiger partial charge < -0.3 is 0 Å². The van der Waals surface area contributed by atoms with E-state index < -0.39 is 0 Å². The van der Waals surface area contributed by atoms with E-state index in [-0.39, 0.29) is 6.04 Å². The van der Waals surface area contributed by atoms with Crippen LogP contribution in [-0.2, 0) is 0 Å². The molecule has 0 fully saturated rings. The van der Waals surface area contributed by atoms with E-state index in [0.717, 1.165) is 14.9 Å². The van der Waals surface area contributed by atoms with Gasteiger partial charge in [-0.3, -0.25) is 10.8 Å². The molecular formula is C10H9Cl2N3S. The molecule has 0 saturated carbocycles. The number of nitrogens with zero attached hydrogens (tertiary/aromatic N) is 1. The normalized spacial score (nSPS) is 12.7. The Bertz CT molecular complexity index is 469. The second-order valence-electron chi connectivity index (χ2n) is 3.14. The van der Waals surface area contributed by atoms with Gasteiger partial charge in [0.2, 0.25) is 0 Å². The van der Waals surface area contributed by atoms with Crippen molar-refractivity contribution < 1.29 is 0 Å². The molecule has 0 saturated heterocycles. The standard InChI is InChI=1S/C10H9Cl2N3S/c11-6-1-2-7(14-5-6)10(15-13)8-3-4-9(12)16-8/h1-5,10,15H,13H2. The van der Waals surface area contributed by atoms with Crippen LogP contribution in [0.3, 0.4) is 0 Å². The summed E-state index contributed by atoms with van der Waals surface area (Å²) in [5.41, 5.74) is 3.52. The molecule has 0 amide bonds. The fourth-order valence-electron chi connectivity index (χ4n) is 1.35. The van der Waals surface area contributed by atoms with Gasteiger partial charge in [-0.2, -0.15) is 0 Å². The lowest BCUT2D eigenvalue weighted by Gasteiger charge is -2.13. The fraction of sp³-hybridized carbons (Fsp3) is 0.100. The van der Waals surface area contributed by atoms with Crippen molar-refractivity contribution in [3.63, 3.8) is 0 Å². The Morgan fingerprint density at radius 3 is 2.56 bits per heavy atom. The summed E-state index contributed by atoms with van der Waals surface area (Å²) in [7, 11) is 0. The van der Waals surface area contributed by atoms with Crippen LogP contribution in [0.5, 0.6) is 0 Å². The minimum atomic E-state index is -0.158. The van der Waals surface area contributed by atoms with Gasteiger partial charge in [0.25, 0.3) is 0 Å². The van der Waals surface area contributed by atoms with Crippen LogP contribution in [-0.4, -0.2) is 4.98 Å². The highest BCUT2D eigenvalue weighted by Crippen LogP contribution is 2.29. The smallest absolute Gasteiger partial charge is 0.0973 e. The first-order valence-corrected chi connectivity index (χ1v) is 6.11. The molecule has 6 heteroatoms. The van der Waals surface area contributed by atoms with Gasteiger partial charge in [0.1, 0.15) is 0 Å². The number of nitrogens with one attached hydrogen (secondary N) is 1. The zero-order valence-corrected chi connectivity index (χ0v) is 10.5. The van der Waals surface area contributed by atoms with Crippen LogP contribution in [0, 0.1) is 0 Å². The second kappa shape index (κ2) is 5.12. The molecule has 3 nitrogen and oxygen atoms in total. The summed E-state index contributed by atoms with van der Waals surface area (Å²) >= 11 is 13.1. The van der Waals surface area contributed by atoms with E-state index in [2.05, 4.69) is 10.4 Å². The van der Waals surface area contributed by atoms with E-state index in [1.54, 1.807) is 12.3 Å². The average Bonchev–Trinajstić information content (AvgIpc) is 2.69. The zero-order chi connectivity index (χ0) is 11.5. The van der Waals surface area contributed by atoms with Gasteiger partial charge >= 0.3 is 0 Å². The SMILES string of the molecule is NNC(c1ccc(Cl)cn1)c1ccc(Cl)s1. The number of pyridine rings is 1. The molecule has 0 aromatic carbocycles. The first-order chi connectivity index (χ1) is 7.70. The molecule has 1 atom stereocenters. The zero-order valence-electron chi connectivity index (χ0n) is 8.15. The maximum absolute atomic E-state index is 5.88. The summed E-state index contributed by atoms with van der Waals surface area (Å²) in [5.74, 6) is 5.52. The summed E-state index contributed by atoms with van der Waals surface area (Å²) in [4.78, 5) is 5.24. The van der Waals surface area contributed by atoms with Gasteiger partial charge in [0.15, 0.2) is 0 Å². The summed E-state index contributed by atoms with van der Waals surface area (Å²) in [5, 5.41) is 0.601. The van der Waals surface area contributed by atoms with Gasteiger partial charge in [-0.1, -0.05) is 23.2 Å². The monoisotopic (exact) mass is 273 g/mol. The Labute approximate surface area is 107 Å². The third-order valence-corrected chi connectivity index (χ3v) is 3.61. The first kappa shape index (κ1) is 11.8. The van der Waals surface area contributed by atoms with E-state index in [0.29, 0.717) is 5.02 Å². The van der Waals surface area contributed by atoms with Crippen LogP contribution in [0.25, 0.3) is 0 Å². The van der Waals surface area contributed by atoms with Gasteiger partial charge in [-0.25, -0.2) is 5.43 Å². The van der Waals surface area contributed by atoms with Crippen LogP contribution >= 0.6 is 34.5 Å². The lowest BCUT2D eigenvalue weighted by Crippen LogP contribution is -2.28. The summed E-state index contributed by atoms with van der Waals surface area (Å²) < 4.78 is 0.726.